The molecular weight excluding hydrogens is 476 g/mol. The summed E-state index contributed by atoms with van der Waals surface area (Å²) in [5.41, 5.74) is 4.51. The minimum absolute atomic E-state index is 0.0124. The molecule has 206 valence electrons. The summed E-state index contributed by atoms with van der Waals surface area (Å²) < 4.78 is 5.48. The Morgan fingerprint density at radius 3 is 2.24 bits per heavy atom. The van der Waals surface area contributed by atoms with Gasteiger partial charge in [0, 0.05) is 6.04 Å². The van der Waals surface area contributed by atoms with Crippen molar-refractivity contribution in [3.8, 4) is 0 Å². The van der Waals surface area contributed by atoms with Crippen LogP contribution in [0.4, 0.5) is 4.79 Å². The predicted octanol–water partition coefficient (Wildman–Crippen LogP) is 2.03. The molecule has 2 bridgehead atoms. The number of alkyl carbamates (subject to hydrolysis) is 1. The molecule has 7 atom stereocenters. The summed E-state index contributed by atoms with van der Waals surface area (Å²) in [7, 11) is 0. The van der Waals surface area contributed by atoms with Crippen molar-refractivity contribution in [1.82, 2.24) is 15.5 Å². The van der Waals surface area contributed by atoms with E-state index >= 15 is 0 Å². The van der Waals surface area contributed by atoms with Crippen molar-refractivity contribution in [1.29, 1.82) is 0 Å². The van der Waals surface area contributed by atoms with Crippen molar-refractivity contribution in [2.75, 3.05) is 0 Å². The zero-order chi connectivity index (χ0) is 27.1. The van der Waals surface area contributed by atoms with Gasteiger partial charge < -0.3 is 26.0 Å². The lowest BCUT2D eigenvalue weighted by Crippen LogP contribution is -2.61. The molecule has 0 radical (unpaired) electrons. The number of ether oxygens (including phenoxy) is 1. The molecule has 1 saturated heterocycles. The maximum Gasteiger partial charge on any atom is 0.408 e. The molecule has 4 N–H and O–H groups in total. The van der Waals surface area contributed by atoms with Gasteiger partial charge in [-0.3, -0.25) is 19.2 Å². The van der Waals surface area contributed by atoms with Crippen LogP contribution in [0, 0.1) is 23.7 Å². The van der Waals surface area contributed by atoms with Gasteiger partial charge in [0.05, 0.1) is 6.04 Å². The van der Waals surface area contributed by atoms with Gasteiger partial charge in [-0.1, -0.05) is 32.6 Å². The number of hydrogen-bond acceptors (Lipinski definition) is 6. The first-order chi connectivity index (χ1) is 17.4. The summed E-state index contributed by atoms with van der Waals surface area (Å²) in [6.07, 6.45) is 6.67. The van der Waals surface area contributed by atoms with E-state index in [0.717, 1.165) is 44.9 Å². The van der Waals surface area contributed by atoms with Crippen molar-refractivity contribution in [2.24, 2.45) is 29.4 Å². The first kappa shape index (κ1) is 27.4. The highest BCUT2D eigenvalue weighted by Crippen LogP contribution is 2.63. The zero-order valence-electron chi connectivity index (χ0n) is 22.5. The second-order valence-corrected chi connectivity index (χ2v) is 12.3. The van der Waals surface area contributed by atoms with Gasteiger partial charge in [-0.15, -0.1) is 0 Å². The molecule has 10 nitrogen and oxygen atoms in total. The van der Waals surface area contributed by atoms with Gasteiger partial charge in [-0.2, -0.15) is 0 Å². The van der Waals surface area contributed by atoms with E-state index < -0.39 is 47.4 Å². The molecule has 3 aliphatic carbocycles. The summed E-state index contributed by atoms with van der Waals surface area (Å²) in [5, 5.41) is 5.61. The molecule has 1 aliphatic heterocycles. The smallest absolute Gasteiger partial charge is 0.408 e. The van der Waals surface area contributed by atoms with Crippen molar-refractivity contribution >= 4 is 29.6 Å². The molecule has 37 heavy (non-hydrogen) atoms. The van der Waals surface area contributed by atoms with E-state index in [2.05, 4.69) is 10.6 Å². The molecule has 0 spiro atoms. The third-order valence-electron chi connectivity index (χ3n) is 8.55. The number of nitrogens with one attached hydrogen (secondary N) is 2. The fourth-order valence-electron chi connectivity index (χ4n) is 6.95. The van der Waals surface area contributed by atoms with Crippen LogP contribution in [0.2, 0.25) is 0 Å². The largest absolute Gasteiger partial charge is 0.444 e. The Kier molecular flexibility index (Phi) is 7.85. The Balaban J connectivity index is 1.57. The second-order valence-electron chi connectivity index (χ2n) is 12.3. The Bertz CT molecular complexity index is 940. The zero-order valence-corrected chi connectivity index (χ0v) is 22.5. The van der Waals surface area contributed by atoms with E-state index in [0.29, 0.717) is 24.7 Å². The van der Waals surface area contributed by atoms with Crippen molar-refractivity contribution in [3.63, 3.8) is 0 Å². The van der Waals surface area contributed by atoms with Gasteiger partial charge in [0.1, 0.15) is 17.7 Å². The van der Waals surface area contributed by atoms with Gasteiger partial charge >= 0.3 is 6.09 Å². The number of likely N-dealkylation sites (tertiary alicyclic amines) is 1. The Hall–Kier alpha value is -2.65. The minimum Gasteiger partial charge on any atom is -0.444 e. The maximum atomic E-state index is 14.2. The minimum atomic E-state index is -1.08. The van der Waals surface area contributed by atoms with Crippen LogP contribution >= 0.6 is 0 Å². The van der Waals surface area contributed by atoms with E-state index in [9.17, 15) is 24.0 Å². The number of hydrogen-bond donors (Lipinski definition) is 3. The topological polar surface area (TPSA) is 148 Å². The number of ketones is 1. The number of carbonyl (C=O) groups is 5. The van der Waals surface area contributed by atoms with Gasteiger partial charge in [0.15, 0.2) is 0 Å². The Labute approximate surface area is 218 Å². The molecule has 1 heterocycles. The fraction of sp³-hybridized carbons (Fsp3) is 0.815. The maximum absolute atomic E-state index is 14.2. The van der Waals surface area contributed by atoms with E-state index in [4.69, 9.17) is 10.5 Å². The van der Waals surface area contributed by atoms with Gasteiger partial charge in [0.2, 0.25) is 17.6 Å². The molecule has 7 unspecified atom stereocenters. The third kappa shape index (κ3) is 5.77. The van der Waals surface area contributed by atoms with Crippen LogP contribution in [-0.2, 0) is 23.9 Å². The normalized spacial score (nSPS) is 30.2. The quantitative estimate of drug-likeness (QED) is 0.398. The molecule has 4 amide bonds. The Morgan fingerprint density at radius 2 is 1.65 bits per heavy atom. The lowest BCUT2D eigenvalue weighted by atomic mass is 9.83. The lowest BCUT2D eigenvalue weighted by molar-refractivity contribution is -0.147. The monoisotopic (exact) mass is 518 g/mol. The molecule has 4 fully saturated rings. The molecule has 10 heteroatoms. The van der Waals surface area contributed by atoms with Crippen LogP contribution in [0.15, 0.2) is 0 Å². The third-order valence-corrected chi connectivity index (χ3v) is 8.55. The van der Waals surface area contributed by atoms with Crippen LogP contribution in [0.3, 0.4) is 0 Å². The summed E-state index contributed by atoms with van der Waals surface area (Å²) in [5.74, 6) is -1.82. The number of piperidine rings is 1. The molecule has 3 saturated carbocycles. The standard InChI is InChI=1S/C27H42N4O6/c1-5-9-18(22(32)23(28)33)29-24(34)21-17-13-19(16-12-15(16)17)31(21)25(35)20(14-10-7-6-8-11-14)30-26(36)37-27(2,3)4/h14-21H,5-13H2,1-4H3,(H2,28,33)(H,29,34)(H,30,36). The van der Waals surface area contributed by atoms with E-state index in [1.807, 2.05) is 6.92 Å². The van der Waals surface area contributed by atoms with E-state index in [-0.39, 0.29) is 23.8 Å². The van der Waals surface area contributed by atoms with Crippen molar-refractivity contribution < 1.29 is 28.7 Å². The number of Topliss-reactive ketones (excluding diaryl/α,β-unsaturated/α-hetero) is 1. The van der Waals surface area contributed by atoms with Crippen molar-refractivity contribution in [3.05, 3.63) is 0 Å². The molecular formula is C27H42N4O6. The first-order valence-electron chi connectivity index (χ1n) is 13.9. The average molecular weight is 519 g/mol. The Morgan fingerprint density at radius 1 is 0.973 bits per heavy atom. The summed E-state index contributed by atoms with van der Waals surface area (Å²) in [6.45, 7) is 7.18. The van der Waals surface area contributed by atoms with Gasteiger partial charge in [0.25, 0.3) is 5.91 Å². The summed E-state index contributed by atoms with van der Waals surface area (Å²) in [4.78, 5) is 66.2. The predicted molar refractivity (Wildman–Crippen MR) is 135 cm³/mol. The number of amides is 4. The highest BCUT2D eigenvalue weighted by molar-refractivity contribution is 6.37. The molecule has 0 aromatic heterocycles. The molecule has 4 rings (SSSR count). The van der Waals surface area contributed by atoms with Crippen LogP contribution in [0.25, 0.3) is 0 Å². The van der Waals surface area contributed by atoms with Crippen molar-refractivity contribution in [2.45, 2.75) is 115 Å². The lowest BCUT2D eigenvalue weighted by Gasteiger charge is -2.39. The highest BCUT2D eigenvalue weighted by atomic mass is 16.6. The van der Waals surface area contributed by atoms with E-state index in [1.165, 1.54) is 0 Å². The van der Waals surface area contributed by atoms with Crippen LogP contribution < -0.4 is 16.4 Å². The fourth-order valence-corrected chi connectivity index (χ4v) is 6.95. The van der Waals surface area contributed by atoms with Crippen LogP contribution in [0.5, 0.6) is 0 Å². The number of nitrogens with two attached hydrogens (primary N) is 1. The van der Waals surface area contributed by atoms with Crippen LogP contribution in [-0.4, -0.2) is 64.3 Å². The number of primary amides is 1. The average Bonchev–Trinajstić information content (AvgIpc) is 3.44. The SMILES string of the molecule is CCCC(NC(=O)C1C2CC(C3CC32)N1C(=O)C(NC(=O)OC(C)(C)C)C1CCCCC1)C(=O)C(N)=O. The first-order valence-corrected chi connectivity index (χ1v) is 13.9. The highest BCUT2D eigenvalue weighted by Gasteiger charge is 2.67. The van der Waals surface area contributed by atoms with Crippen LogP contribution in [0.1, 0.15) is 85.5 Å². The number of nitrogens with zero attached hydrogens (tertiary/aromatic N) is 1. The number of carbonyl (C=O) groups excluding carboxylic acids is 5. The van der Waals surface area contributed by atoms with Gasteiger partial charge in [-0.25, -0.2) is 4.79 Å². The summed E-state index contributed by atoms with van der Waals surface area (Å²) >= 11 is 0. The van der Waals surface area contributed by atoms with E-state index in [1.54, 1.807) is 25.7 Å². The van der Waals surface area contributed by atoms with Gasteiger partial charge in [-0.05, 0) is 76.5 Å². The molecule has 0 aromatic rings. The number of rotatable bonds is 9. The second kappa shape index (κ2) is 10.6. The summed E-state index contributed by atoms with van der Waals surface area (Å²) in [6, 6.07) is -2.56. The molecule has 0 aromatic carbocycles. The molecule has 4 aliphatic rings. The number of fused-ring (bicyclic) bond motifs is 5.